The molecule has 0 aliphatic carbocycles. The molecule has 3 aliphatic rings. The Bertz CT molecular complexity index is 718. The molecule has 5 nitrogen and oxygen atoms in total. The minimum Gasteiger partial charge on any atom is -0.454 e. The average Bonchev–Trinajstić information content (AvgIpc) is 3.05. The maximum Gasteiger partial charge on any atom is 0.231 e. The number of fused-ring (bicyclic) bond motifs is 1. The Morgan fingerprint density at radius 2 is 2.04 bits per heavy atom. The van der Waals surface area contributed by atoms with Crippen LogP contribution < -0.4 is 14.8 Å². The van der Waals surface area contributed by atoms with Crippen molar-refractivity contribution in [2.24, 2.45) is 4.99 Å². The Hall–Kier alpha value is -2.27. The Morgan fingerprint density at radius 1 is 1.12 bits per heavy atom. The molecule has 0 bridgehead atoms. The fourth-order valence-electron chi connectivity index (χ4n) is 3.70. The summed E-state index contributed by atoms with van der Waals surface area (Å²) in [6, 6.07) is 6.10. The molecule has 5 heteroatoms. The summed E-state index contributed by atoms with van der Waals surface area (Å²) >= 11 is 0. The molecule has 1 aromatic carbocycles. The molecule has 0 saturated carbocycles. The summed E-state index contributed by atoms with van der Waals surface area (Å²) in [4.78, 5) is 7.11. The third-order valence-electron chi connectivity index (χ3n) is 5.16. The third-order valence-corrected chi connectivity index (χ3v) is 5.16. The van der Waals surface area contributed by atoms with E-state index in [4.69, 9.17) is 9.47 Å². The van der Waals surface area contributed by atoms with Crippen molar-refractivity contribution in [3.63, 3.8) is 0 Å². The topological polar surface area (TPSA) is 46.1 Å². The molecule has 0 atom stereocenters. The fraction of sp³-hybridized carbons (Fsp3) is 0.476. The van der Waals surface area contributed by atoms with Crippen molar-refractivity contribution in [2.75, 3.05) is 33.0 Å². The minimum atomic E-state index is 0.330. The summed E-state index contributed by atoms with van der Waals surface area (Å²) in [6.07, 6.45) is 12.2. The normalized spacial score (nSPS) is 19.2. The van der Waals surface area contributed by atoms with Crippen molar-refractivity contribution >= 4 is 5.84 Å². The molecule has 0 unspecified atom stereocenters. The number of nitrogens with zero attached hydrogens (tertiary/aromatic N) is 2. The predicted octanol–water partition coefficient (Wildman–Crippen LogP) is 3.28. The quantitative estimate of drug-likeness (QED) is 0.825. The number of likely N-dealkylation sites (tertiary alicyclic amines) is 1. The van der Waals surface area contributed by atoms with Crippen molar-refractivity contribution < 1.29 is 9.47 Å². The lowest BCUT2D eigenvalue weighted by Gasteiger charge is -2.29. The Kier molecular flexibility index (Phi) is 5.55. The van der Waals surface area contributed by atoms with E-state index < -0.39 is 0 Å². The fourth-order valence-corrected chi connectivity index (χ4v) is 3.70. The van der Waals surface area contributed by atoms with Gasteiger partial charge in [-0.3, -0.25) is 0 Å². The maximum absolute atomic E-state index is 5.57. The van der Waals surface area contributed by atoms with Gasteiger partial charge in [-0.25, -0.2) is 4.99 Å². The van der Waals surface area contributed by atoms with E-state index in [0.717, 1.165) is 50.5 Å². The molecule has 138 valence electrons. The SMILES string of the molecule is C1=CC(CNCCc2cccc3c2OCO3)=CCC(N2CCCCC2)=N1. The van der Waals surface area contributed by atoms with Crippen LogP contribution in [0.2, 0.25) is 0 Å². The first-order valence-electron chi connectivity index (χ1n) is 9.65. The van der Waals surface area contributed by atoms with Crippen LogP contribution in [-0.2, 0) is 6.42 Å². The van der Waals surface area contributed by atoms with Gasteiger partial charge in [-0.2, -0.15) is 0 Å². The maximum atomic E-state index is 5.57. The van der Waals surface area contributed by atoms with Crippen LogP contribution in [-0.4, -0.2) is 43.7 Å². The van der Waals surface area contributed by atoms with Crippen LogP contribution in [0.5, 0.6) is 11.5 Å². The number of piperidine rings is 1. The van der Waals surface area contributed by atoms with Crippen LogP contribution in [0.25, 0.3) is 0 Å². The molecule has 1 N–H and O–H groups in total. The second-order valence-corrected chi connectivity index (χ2v) is 6.97. The highest BCUT2D eigenvalue weighted by Gasteiger charge is 2.17. The predicted molar refractivity (Wildman–Crippen MR) is 104 cm³/mol. The molecule has 1 aromatic rings. The van der Waals surface area contributed by atoms with Gasteiger partial charge in [0.15, 0.2) is 11.5 Å². The van der Waals surface area contributed by atoms with Crippen molar-refractivity contribution in [1.82, 2.24) is 10.2 Å². The van der Waals surface area contributed by atoms with Crippen LogP contribution in [0.4, 0.5) is 0 Å². The minimum absolute atomic E-state index is 0.330. The first kappa shape index (κ1) is 17.2. The molecule has 3 aliphatic heterocycles. The molecule has 3 heterocycles. The molecular formula is C21H27N3O2. The number of para-hydroxylation sites is 1. The van der Waals surface area contributed by atoms with E-state index in [9.17, 15) is 0 Å². The number of hydrogen-bond acceptors (Lipinski definition) is 5. The van der Waals surface area contributed by atoms with E-state index in [2.05, 4.69) is 33.4 Å². The van der Waals surface area contributed by atoms with E-state index in [1.807, 2.05) is 18.3 Å². The van der Waals surface area contributed by atoms with Gasteiger partial charge < -0.3 is 19.7 Å². The van der Waals surface area contributed by atoms with Crippen LogP contribution in [0.1, 0.15) is 31.2 Å². The number of aliphatic imine (C=N–C) groups is 1. The summed E-state index contributed by atoms with van der Waals surface area (Å²) in [5.41, 5.74) is 2.51. The van der Waals surface area contributed by atoms with Gasteiger partial charge in [0.25, 0.3) is 0 Å². The van der Waals surface area contributed by atoms with Crippen molar-refractivity contribution in [3.8, 4) is 11.5 Å². The number of ether oxygens (including phenoxy) is 2. The Labute approximate surface area is 155 Å². The van der Waals surface area contributed by atoms with Gasteiger partial charge in [0.05, 0.1) is 0 Å². The van der Waals surface area contributed by atoms with Gasteiger partial charge in [0.2, 0.25) is 6.79 Å². The van der Waals surface area contributed by atoms with E-state index in [1.54, 1.807) is 0 Å². The van der Waals surface area contributed by atoms with Gasteiger partial charge >= 0.3 is 0 Å². The lowest BCUT2D eigenvalue weighted by atomic mass is 10.1. The highest BCUT2D eigenvalue weighted by atomic mass is 16.7. The standard InChI is InChI=1S/C21H27N3O2/c1-2-13-24(14-3-1)20-8-7-17(9-12-23-20)15-22-11-10-18-5-4-6-19-21(18)26-16-25-19/h4-7,9,12,22H,1-3,8,10-11,13-16H2. The van der Waals surface area contributed by atoms with Crippen molar-refractivity contribution in [1.29, 1.82) is 0 Å². The molecule has 1 saturated heterocycles. The zero-order chi connectivity index (χ0) is 17.6. The highest BCUT2D eigenvalue weighted by molar-refractivity contribution is 5.85. The number of amidine groups is 1. The smallest absolute Gasteiger partial charge is 0.231 e. The van der Waals surface area contributed by atoms with Crippen LogP contribution >= 0.6 is 0 Å². The molecule has 0 radical (unpaired) electrons. The second kappa shape index (κ2) is 8.41. The van der Waals surface area contributed by atoms with Gasteiger partial charge in [-0.15, -0.1) is 0 Å². The summed E-state index contributed by atoms with van der Waals surface area (Å²) < 4.78 is 11.0. The molecule has 0 amide bonds. The zero-order valence-corrected chi connectivity index (χ0v) is 15.2. The van der Waals surface area contributed by atoms with E-state index in [-0.39, 0.29) is 0 Å². The summed E-state index contributed by atoms with van der Waals surface area (Å²) in [7, 11) is 0. The van der Waals surface area contributed by atoms with E-state index in [0.29, 0.717) is 6.79 Å². The molecule has 4 rings (SSSR count). The molecular weight excluding hydrogens is 326 g/mol. The van der Waals surface area contributed by atoms with E-state index in [1.165, 1.54) is 36.2 Å². The number of nitrogens with one attached hydrogen (secondary N) is 1. The first-order chi connectivity index (χ1) is 12.9. The monoisotopic (exact) mass is 353 g/mol. The Balaban J connectivity index is 1.24. The molecule has 1 fully saturated rings. The highest BCUT2D eigenvalue weighted by Crippen LogP contribution is 2.35. The lowest BCUT2D eigenvalue weighted by Crippen LogP contribution is -2.35. The first-order valence-corrected chi connectivity index (χ1v) is 9.65. The van der Waals surface area contributed by atoms with Gasteiger partial charge in [0.1, 0.15) is 5.84 Å². The second-order valence-electron chi connectivity index (χ2n) is 6.97. The molecule has 0 aromatic heterocycles. The zero-order valence-electron chi connectivity index (χ0n) is 15.2. The van der Waals surface area contributed by atoms with Gasteiger partial charge in [-0.05, 0) is 55.5 Å². The third kappa shape index (κ3) is 4.10. The van der Waals surface area contributed by atoms with Gasteiger partial charge in [-0.1, -0.05) is 18.2 Å². The van der Waals surface area contributed by atoms with Crippen LogP contribution in [0.15, 0.2) is 47.1 Å². The van der Waals surface area contributed by atoms with Crippen molar-refractivity contribution in [2.45, 2.75) is 32.1 Å². The average molecular weight is 353 g/mol. The molecule has 0 spiro atoms. The van der Waals surface area contributed by atoms with Gasteiger partial charge in [0, 0.05) is 32.3 Å². The number of benzene rings is 1. The summed E-state index contributed by atoms with van der Waals surface area (Å²) in [5, 5.41) is 3.54. The van der Waals surface area contributed by atoms with Crippen molar-refractivity contribution in [3.05, 3.63) is 47.7 Å². The van der Waals surface area contributed by atoms with E-state index >= 15 is 0 Å². The number of hydrogen-bond donors (Lipinski definition) is 1. The molecule has 26 heavy (non-hydrogen) atoms. The largest absolute Gasteiger partial charge is 0.454 e. The van der Waals surface area contributed by atoms with Crippen LogP contribution in [0, 0.1) is 0 Å². The number of rotatable bonds is 5. The lowest BCUT2D eigenvalue weighted by molar-refractivity contribution is 0.173. The summed E-state index contributed by atoms with van der Waals surface area (Å²) in [5.74, 6) is 2.98. The summed E-state index contributed by atoms with van der Waals surface area (Å²) in [6.45, 7) is 4.41. The Morgan fingerprint density at radius 3 is 2.96 bits per heavy atom. The van der Waals surface area contributed by atoms with Crippen LogP contribution in [0.3, 0.4) is 0 Å².